The summed E-state index contributed by atoms with van der Waals surface area (Å²) in [6.07, 6.45) is 3.62. The molecule has 160 valence electrons. The molecule has 1 aliphatic carbocycles. The van der Waals surface area contributed by atoms with E-state index < -0.39 is 10.0 Å². The molecule has 2 heterocycles. The van der Waals surface area contributed by atoms with Gasteiger partial charge in [-0.1, -0.05) is 13.8 Å². The number of rotatable bonds is 7. The SMILES string of the molecule is CCN(CC)c1nn(CC2CC2)c2ccc(S(=O)(=O)N3CC(C)CC(C)C3)cc12. The van der Waals surface area contributed by atoms with Crippen molar-refractivity contribution in [1.82, 2.24) is 14.1 Å². The first kappa shape index (κ1) is 20.7. The van der Waals surface area contributed by atoms with Gasteiger partial charge in [0.2, 0.25) is 10.0 Å². The van der Waals surface area contributed by atoms with Gasteiger partial charge in [0.25, 0.3) is 0 Å². The van der Waals surface area contributed by atoms with Gasteiger partial charge in [0.15, 0.2) is 5.82 Å². The summed E-state index contributed by atoms with van der Waals surface area (Å²) in [7, 11) is -3.50. The molecule has 6 nitrogen and oxygen atoms in total. The van der Waals surface area contributed by atoms with Crippen molar-refractivity contribution in [3.63, 3.8) is 0 Å². The van der Waals surface area contributed by atoms with Crippen LogP contribution in [0.2, 0.25) is 0 Å². The second kappa shape index (κ2) is 7.91. The van der Waals surface area contributed by atoms with E-state index in [2.05, 4.69) is 37.3 Å². The summed E-state index contributed by atoms with van der Waals surface area (Å²) in [6.45, 7) is 12.4. The summed E-state index contributed by atoms with van der Waals surface area (Å²) >= 11 is 0. The molecule has 29 heavy (non-hydrogen) atoms. The lowest BCUT2D eigenvalue weighted by molar-refractivity contribution is 0.222. The van der Waals surface area contributed by atoms with Crippen LogP contribution in [0.15, 0.2) is 23.1 Å². The van der Waals surface area contributed by atoms with Crippen LogP contribution < -0.4 is 4.90 Å². The lowest BCUT2D eigenvalue weighted by Crippen LogP contribution is -2.42. The molecule has 1 aromatic heterocycles. The Morgan fingerprint density at radius 1 is 1.10 bits per heavy atom. The largest absolute Gasteiger partial charge is 0.355 e. The molecular weight excluding hydrogens is 384 g/mol. The van der Waals surface area contributed by atoms with Crippen LogP contribution in [0.5, 0.6) is 0 Å². The summed E-state index contributed by atoms with van der Waals surface area (Å²) in [5, 5.41) is 5.86. The van der Waals surface area contributed by atoms with Crippen molar-refractivity contribution >= 4 is 26.7 Å². The van der Waals surface area contributed by atoms with Crippen LogP contribution in [-0.2, 0) is 16.6 Å². The van der Waals surface area contributed by atoms with E-state index in [1.807, 2.05) is 12.1 Å². The molecule has 2 aliphatic rings. The van der Waals surface area contributed by atoms with Gasteiger partial charge in [-0.15, -0.1) is 0 Å². The lowest BCUT2D eigenvalue weighted by Gasteiger charge is -2.34. The standard InChI is InChI=1S/C22H34N4O2S/c1-5-24(6-2)22-20-12-19(9-10-21(20)26(23-22)15-18-7-8-18)29(27,28)25-13-16(3)11-17(4)14-25/h9-10,12,16-18H,5-8,11,13-15H2,1-4H3. The molecule has 7 heteroatoms. The molecule has 1 saturated carbocycles. The fourth-order valence-corrected chi connectivity index (χ4v) is 6.40. The van der Waals surface area contributed by atoms with Gasteiger partial charge in [0, 0.05) is 38.1 Å². The molecule has 2 fully saturated rings. The van der Waals surface area contributed by atoms with Gasteiger partial charge in [-0.3, -0.25) is 4.68 Å². The number of nitrogens with zero attached hydrogens (tertiary/aromatic N) is 4. The highest BCUT2D eigenvalue weighted by molar-refractivity contribution is 7.89. The average Bonchev–Trinajstić information content (AvgIpc) is 3.43. The molecule has 4 rings (SSSR count). The van der Waals surface area contributed by atoms with Crippen molar-refractivity contribution in [2.45, 2.75) is 58.4 Å². The maximum atomic E-state index is 13.4. The molecule has 0 amide bonds. The number of benzene rings is 1. The molecule has 1 aromatic carbocycles. The maximum Gasteiger partial charge on any atom is 0.243 e. The number of aromatic nitrogens is 2. The van der Waals surface area contributed by atoms with Gasteiger partial charge in [0.1, 0.15) is 0 Å². The fourth-order valence-electron chi connectivity index (χ4n) is 4.69. The molecule has 2 atom stereocenters. The summed E-state index contributed by atoms with van der Waals surface area (Å²) in [6, 6.07) is 5.60. The Hall–Kier alpha value is -1.60. The van der Waals surface area contributed by atoms with E-state index in [0.717, 1.165) is 42.8 Å². The zero-order valence-corrected chi connectivity index (χ0v) is 19.0. The van der Waals surface area contributed by atoms with Gasteiger partial charge in [-0.05, 0) is 69.1 Å². The highest BCUT2D eigenvalue weighted by atomic mass is 32.2. The molecule has 1 saturated heterocycles. The van der Waals surface area contributed by atoms with E-state index in [4.69, 9.17) is 5.10 Å². The lowest BCUT2D eigenvalue weighted by atomic mass is 9.94. The van der Waals surface area contributed by atoms with Crippen molar-refractivity contribution < 1.29 is 8.42 Å². The van der Waals surface area contributed by atoms with E-state index >= 15 is 0 Å². The van der Waals surface area contributed by atoms with Gasteiger partial charge < -0.3 is 4.90 Å². The second-order valence-corrected chi connectivity index (χ2v) is 11.0. The summed E-state index contributed by atoms with van der Waals surface area (Å²) in [5.41, 5.74) is 1.04. The van der Waals surface area contributed by atoms with Crippen molar-refractivity contribution in [3.8, 4) is 0 Å². The Kier molecular flexibility index (Phi) is 5.64. The molecule has 0 N–H and O–H groups in total. The normalized spacial score (nSPS) is 23.6. The quantitative estimate of drug-likeness (QED) is 0.683. The molecular formula is C22H34N4O2S. The van der Waals surface area contributed by atoms with Gasteiger partial charge in [-0.25, -0.2) is 8.42 Å². The topological polar surface area (TPSA) is 58.4 Å². The minimum absolute atomic E-state index is 0.393. The number of hydrogen-bond acceptors (Lipinski definition) is 4. The number of piperidine rings is 1. The Balaban J connectivity index is 1.76. The van der Waals surface area contributed by atoms with E-state index in [1.54, 1.807) is 10.4 Å². The smallest absolute Gasteiger partial charge is 0.243 e. The van der Waals surface area contributed by atoms with Crippen molar-refractivity contribution in [2.75, 3.05) is 31.1 Å². The van der Waals surface area contributed by atoms with Crippen LogP contribution in [0.3, 0.4) is 0 Å². The summed E-state index contributed by atoms with van der Waals surface area (Å²) < 4.78 is 30.6. The van der Waals surface area contributed by atoms with E-state index in [9.17, 15) is 8.42 Å². The van der Waals surface area contributed by atoms with Crippen LogP contribution in [-0.4, -0.2) is 48.7 Å². The molecule has 2 unspecified atom stereocenters. The first-order chi connectivity index (χ1) is 13.8. The number of anilines is 1. The molecule has 0 bridgehead atoms. The summed E-state index contributed by atoms with van der Waals surface area (Å²) in [4.78, 5) is 2.61. The fraction of sp³-hybridized carbons (Fsp3) is 0.682. The molecule has 1 aliphatic heterocycles. The van der Waals surface area contributed by atoms with Gasteiger partial charge >= 0.3 is 0 Å². The first-order valence-electron chi connectivity index (χ1n) is 11.1. The number of sulfonamides is 1. The zero-order chi connectivity index (χ0) is 20.8. The minimum atomic E-state index is -3.50. The summed E-state index contributed by atoms with van der Waals surface area (Å²) in [5.74, 6) is 2.40. The van der Waals surface area contributed by atoms with Crippen LogP contribution in [0.25, 0.3) is 10.9 Å². The Morgan fingerprint density at radius 3 is 2.34 bits per heavy atom. The van der Waals surface area contributed by atoms with Crippen molar-refractivity contribution in [1.29, 1.82) is 0 Å². The van der Waals surface area contributed by atoms with Crippen LogP contribution in [0.1, 0.15) is 47.0 Å². The maximum absolute atomic E-state index is 13.4. The third kappa shape index (κ3) is 4.04. The Labute approximate surface area is 174 Å². The Bertz CT molecular complexity index is 966. The van der Waals surface area contributed by atoms with E-state index in [0.29, 0.717) is 35.7 Å². The van der Waals surface area contributed by atoms with Gasteiger partial charge in [0.05, 0.1) is 10.4 Å². The van der Waals surface area contributed by atoms with Crippen molar-refractivity contribution in [2.24, 2.45) is 17.8 Å². The Morgan fingerprint density at radius 2 is 1.76 bits per heavy atom. The predicted molar refractivity (Wildman–Crippen MR) is 118 cm³/mol. The van der Waals surface area contributed by atoms with E-state index in [-0.39, 0.29) is 0 Å². The third-order valence-corrected chi connectivity index (χ3v) is 8.19. The van der Waals surface area contributed by atoms with Crippen LogP contribution >= 0.6 is 0 Å². The van der Waals surface area contributed by atoms with E-state index in [1.165, 1.54) is 12.8 Å². The first-order valence-corrected chi connectivity index (χ1v) is 12.5. The minimum Gasteiger partial charge on any atom is -0.355 e. The highest BCUT2D eigenvalue weighted by Crippen LogP contribution is 2.35. The molecule has 0 spiro atoms. The monoisotopic (exact) mass is 418 g/mol. The van der Waals surface area contributed by atoms with Crippen molar-refractivity contribution in [3.05, 3.63) is 18.2 Å². The zero-order valence-electron chi connectivity index (χ0n) is 18.1. The molecule has 0 radical (unpaired) electrons. The second-order valence-electron chi connectivity index (χ2n) is 9.07. The van der Waals surface area contributed by atoms with Crippen LogP contribution in [0.4, 0.5) is 5.82 Å². The predicted octanol–water partition coefficient (Wildman–Crippen LogP) is 3.96. The van der Waals surface area contributed by atoms with Crippen LogP contribution in [0, 0.1) is 17.8 Å². The average molecular weight is 419 g/mol. The number of hydrogen-bond donors (Lipinski definition) is 0. The van der Waals surface area contributed by atoms with Gasteiger partial charge in [-0.2, -0.15) is 9.40 Å². The highest BCUT2D eigenvalue weighted by Gasteiger charge is 2.32. The third-order valence-electron chi connectivity index (χ3n) is 6.37. The molecule has 2 aromatic rings. The number of fused-ring (bicyclic) bond motifs is 1.